The number of oxime groups is 1. The van der Waals surface area contributed by atoms with Crippen LogP contribution in [-0.2, 0) is 24.4 Å². The number of nitrogens with one attached hydrogen (secondary N) is 3. The Morgan fingerprint density at radius 3 is 2.24 bits per heavy atom. The Balaban J connectivity index is 1.11. The highest BCUT2D eigenvalue weighted by molar-refractivity contribution is 7.91. The summed E-state index contributed by atoms with van der Waals surface area (Å²) in [7, 11) is -3.72. The second-order valence-corrected chi connectivity index (χ2v) is 12.1. The van der Waals surface area contributed by atoms with Gasteiger partial charge in [-0.25, -0.2) is 8.42 Å². The van der Waals surface area contributed by atoms with Gasteiger partial charge in [0.2, 0.25) is 15.9 Å². The lowest BCUT2D eigenvalue weighted by atomic mass is 10.1. The van der Waals surface area contributed by atoms with Crippen LogP contribution in [0.3, 0.4) is 0 Å². The number of rotatable bonds is 8. The minimum atomic E-state index is -3.72. The van der Waals surface area contributed by atoms with E-state index in [-0.39, 0.29) is 17.9 Å². The molecule has 0 bridgehead atoms. The van der Waals surface area contributed by atoms with Gasteiger partial charge in [-0.1, -0.05) is 59.8 Å². The van der Waals surface area contributed by atoms with Crippen molar-refractivity contribution in [1.29, 1.82) is 0 Å². The summed E-state index contributed by atoms with van der Waals surface area (Å²) in [5.41, 5.74) is 3.69. The van der Waals surface area contributed by atoms with Crippen LogP contribution in [-0.4, -0.2) is 55.4 Å². The zero-order chi connectivity index (χ0) is 25.8. The van der Waals surface area contributed by atoms with E-state index in [9.17, 15) is 18.0 Å². The maximum Gasteiger partial charge on any atom is 0.259 e. The first kappa shape index (κ1) is 23.9. The highest BCUT2D eigenvalue weighted by atomic mass is 32.2. The molecule has 1 saturated heterocycles. The third kappa shape index (κ3) is 4.23. The van der Waals surface area contributed by atoms with Crippen molar-refractivity contribution in [3.63, 3.8) is 0 Å². The predicted molar refractivity (Wildman–Crippen MR) is 138 cm³/mol. The number of amides is 2. The van der Waals surface area contributed by atoms with Crippen LogP contribution in [0.15, 0.2) is 66.3 Å². The summed E-state index contributed by atoms with van der Waals surface area (Å²) in [5, 5.41) is 9.89. The lowest BCUT2D eigenvalue weighted by molar-refractivity contribution is -0.130. The Kier molecular flexibility index (Phi) is 5.68. The van der Waals surface area contributed by atoms with E-state index in [0.717, 1.165) is 28.0 Å². The summed E-state index contributed by atoms with van der Waals surface area (Å²) in [5.74, 6) is -1.40. The monoisotopic (exact) mass is 520 g/mol. The van der Waals surface area contributed by atoms with Crippen LogP contribution in [0.1, 0.15) is 36.8 Å². The molecule has 0 aromatic heterocycles. The smallest absolute Gasteiger partial charge is 0.259 e. The molecule has 0 unspecified atom stereocenters. The summed E-state index contributed by atoms with van der Waals surface area (Å²) in [6.45, 7) is 4.14. The van der Waals surface area contributed by atoms with Gasteiger partial charge in [0, 0.05) is 30.0 Å². The number of carbonyl (C=O) groups is 2. The Morgan fingerprint density at radius 2 is 1.68 bits per heavy atom. The molecule has 6 rings (SSSR count). The fourth-order valence-electron chi connectivity index (χ4n) is 5.23. The first-order chi connectivity index (χ1) is 17.8. The topological polar surface area (TPSA) is 126 Å². The van der Waals surface area contributed by atoms with Crippen molar-refractivity contribution in [1.82, 2.24) is 15.4 Å². The maximum atomic E-state index is 13.1. The Labute approximate surface area is 215 Å². The quantitative estimate of drug-likeness (QED) is 0.307. The molecule has 3 fully saturated rings. The van der Waals surface area contributed by atoms with Gasteiger partial charge in [-0.3, -0.25) is 14.3 Å². The van der Waals surface area contributed by atoms with E-state index in [2.05, 4.69) is 39.2 Å². The zero-order valence-electron chi connectivity index (χ0n) is 20.1. The Hall–Kier alpha value is -3.50. The molecule has 192 valence electrons. The van der Waals surface area contributed by atoms with E-state index in [0.29, 0.717) is 32.2 Å². The molecule has 9 nitrogen and oxygen atoms in total. The number of hydrogen-bond acceptors (Lipinski definition) is 7. The number of hydrogen-bond donors (Lipinski definition) is 3. The SMILES string of the molecule is C=C[C@@H]1C[C@]1(NC(=O)[C@@H]1C[C@@H](ON=C2c3ccccc3-c3ccccc32)CN1)C(=O)NS(=O)(=O)C1CC1. The molecule has 2 saturated carbocycles. The molecule has 1 aliphatic heterocycles. The van der Waals surface area contributed by atoms with Crippen LogP contribution in [0.5, 0.6) is 0 Å². The Morgan fingerprint density at radius 1 is 1.05 bits per heavy atom. The largest absolute Gasteiger partial charge is 0.391 e. The molecular weight excluding hydrogens is 492 g/mol. The number of fused-ring (bicyclic) bond motifs is 3. The van der Waals surface area contributed by atoms with Gasteiger partial charge in [-0.15, -0.1) is 6.58 Å². The van der Waals surface area contributed by atoms with E-state index in [1.165, 1.54) is 0 Å². The second-order valence-electron chi connectivity index (χ2n) is 10.1. The molecular formula is C27H28N4O5S. The highest BCUT2D eigenvalue weighted by Crippen LogP contribution is 2.45. The average molecular weight is 521 g/mol. The van der Waals surface area contributed by atoms with E-state index in [4.69, 9.17) is 4.84 Å². The number of sulfonamides is 1. The zero-order valence-corrected chi connectivity index (χ0v) is 21.0. The lowest BCUT2D eigenvalue weighted by Gasteiger charge is -2.21. The molecule has 3 aliphatic carbocycles. The maximum absolute atomic E-state index is 13.1. The fraction of sp³-hybridized carbons (Fsp3) is 0.370. The van der Waals surface area contributed by atoms with Gasteiger partial charge in [0.15, 0.2) is 0 Å². The van der Waals surface area contributed by atoms with Gasteiger partial charge in [0.1, 0.15) is 17.4 Å². The van der Waals surface area contributed by atoms with Crippen LogP contribution < -0.4 is 15.4 Å². The molecule has 1 heterocycles. The van der Waals surface area contributed by atoms with E-state index in [1.54, 1.807) is 6.08 Å². The number of nitrogens with zero attached hydrogens (tertiary/aromatic N) is 1. The molecule has 2 amide bonds. The summed E-state index contributed by atoms with van der Waals surface area (Å²) < 4.78 is 26.7. The molecule has 4 aliphatic rings. The van der Waals surface area contributed by atoms with Crippen molar-refractivity contribution in [2.75, 3.05) is 6.54 Å². The van der Waals surface area contributed by atoms with Gasteiger partial charge < -0.3 is 15.5 Å². The van der Waals surface area contributed by atoms with Gasteiger partial charge in [0.25, 0.3) is 5.91 Å². The fourth-order valence-corrected chi connectivity index (χ4v) is 6.59. The van der Waals surface area contributed by atoms with Crippen molar-refractivity contribution in [2.24, 2.45) is 11.1 Å². The van der Waals surface area contributed by atoms with Crippen molar-refractivity contribution in [3.8, 4) is 11.1 Å². The van der Waals surface area contributed by atoms with E-state index >= 15 is 0 Å². The first-order valence-corrected chi connectivity index (χ1v) is 14.0. The van der Waals surface area contributed by atoms with Gasteiger partial charge in [-0.2, -0.15) is 0 Å². The minimum Gasteiger partial charge on any atom is -0.391 e. The van der Waals surface area contributed by atoms with Gasteiger partial charge in [-0.05, 0) is 30.4 Å². The highest BCUT2D eigenvalue weighted by Gasteiger charge is 2.61. The van der Waals surface area contributed by atoms with Crippen LogP contribution in [0.25, 0.3) is 11.1 Å². The molecule has 0 spiro atoms. The van der Waals surface area contributed by atoms with Gasteiger partial charge in [0.05, 0.1) is 11.3 Å². The van der Waals surface area contributed by atoms with Crippen molar-refractivity contribution < 1.29 is 22.8 Å². The predicted octanol–water partition coefficient (Wildman–Crippen LogP) is 1.84. The van der Waals surface area contributed by atoms with Crippen LogP contribution in [0.2, 0.25) is 0 Å². The molecule has 37 heavy (non-hydrogen) atoms. The summed E-state index contributed by atoms with van der Waals surface area (Å²) in [6.07, 6.45) is 3.00. The molecule has 0 radical (unpaired) electrons. The number of carbonyl (C=O) groups excluding carboxylic acids is 2. The summed E-state index contributed by atoms with van der Waals surface area (Å²) in [4.78, 5) is 31.9. The van der Waals surface area contributed by atoms with E-state index < -0.39 is 32.8 Å². The summed E-state index contributed by atoms with van der Waals surface area (Å²) >= 11 is 0. The molecule has 4 atom stereocenters. The normalized spacial score (nSPS) is 27.6. The van der Waals surface area contributed by atoms with Crippen molar-refractivity contribution in [2.45, 2.75) is 48.6 Å². The molecule has 10 heteroatoms. The second kappa shape index (κ2) is 8.81. The third-order valence-electron chi connectivity index (χ3n) is 7.60. The third-order valence-corrected chi connectivity index (χ3v) is 9.42. The van der Waals surface area contributed by atoms with Crippen LogP contribution >= 0.6 is 0 Å². The molecule has 2 aromatic carbocycles. The molecule has 3 N–H and O–H groups in total. The van der Waals surface area contributed by atoms with Crippen molar-refractivity contribution >= 4 is 27.5 Å². The Bertz CT molecular complexity index is 1390. The van der Waals surface area contributed by atoms with Crippen LogP contribution in [0, 0.1) is 5.92 Å². The van der Waals surface area contributed by atoms with Gasteiger partial charge >= 0.3 is 0 Å². The van der Waals surface area contributed by atoms with Crippen molar-refractivity contribution in [3.05, 3.63) is 72.3 Å². The first-order valence-electron chi connectivity index (χ1n) is 12.5. The van der Waals surface area contributed by atoms with Crippen LogP contribution in [0.4, 0.5) is 0 Å². The number of benzene rings is 2. The lowest BCUT2D eigenvalue weighted by Crippen LogP contribution is -2.55. The minimum absolute atomic E-state index is 0.313. The average Bonchev–Trinajstić information content (AvgIpc) is 3.79. The standard InChI is InChI=1S/C27H28N4O5S/c1-2-16-14-27(16,26(33)31-37(34,35)18-11-12-18)29-25(32)23-13-17(15-28-23)36-30-24-21-9-5-3-7-19(21)20-8-4-6-10-22(20)24/h2-10,16-18,23,28H,1,11-15H2,(H,29,32)(H,31,33)/t16-,17-,23+,27-/m1/s1. The molecule has 2 aromatic rings. The summed E-state index contributed by atoms with van der Waals surface area (Å²) in [6, 6.07) is 15.5. The van der Waals surface area contributed by atoms with E-state index in [1.807, 2.05) is 36.4 Å².